The first-order valence-corrected chi connectivity index (χ1v) is 8.02. The molecule has 0 aromatic heterocycles. The standard InChI is InChI=1S/C19H18F3NO3/c1-23-16-5-3-4-15(19(20,21)22)14(16)10-13(17(24)18(23)25)11-6-8-12(26-2)9-7-11/h3-9,13,17,24H,10H2,1-2H3. The van der Waals surface area contributed by atoms with Gasteiger partial charge in [0.1, 0.15) is 11.9 Å². The highest BCUT2D eigenvalue weighted by molar-refractivity contribution is 5.98. The molecule has 2 unspecified atom stereocenters. The Hall–Kier alpha value is -2.54. The van der Waals surface area contributed by atoms with Crippen molar-refractivity contribution < 1.29 is 27.8 Å². The molecule has 0 saturated heterocycles. The summed E-state index contributed by atoms with van der Waals surface area (Å²) in [5.41, 5.74) is -0.0414. The Morgan fingerprint density at radius 2 is 1.81 bits per heavy atom. The number of aliphatic hydroxyl groups is 1. The molecule has 1 aliphatic rings. The highest BCUT2D eigenvalue weighted by Crippen LogP contribution is 2.41. The van der Waals surface area contributed by atoms with Crippen LogP contribution in [-0.4, -0.2) is 31.3 Å². The van der Waals surface area contributed by atoms with Crippen molar-refractivity contribution in [2.45, 2.75) is 24.6 Å². The van der Waals surface area contributed by atoms with Crippen LogP contribution in [0, 0.1) is 0 Å². The van der Waals surface area contributed by atoms with Crippen LogP contribution in [0.25, 0.3) is 0 Å². The summed E-state index contributed by atoms with van der Waals surface area (Å²) in [4.78, 5) is 13.6. The maximum atomic E-state index is 13.5. The minimum Gasteiger partial charge on any atom is -0.497 e. The van der Waals surface area contributed by atoms with Crippen LogP contribution in [0.4, 0.5) is 18.9 Å². The highest BCUT2D eigenvalue weighted by atomic mass is 19.4. The smallest absolute Gasteiger partial charge is 0.416 e. The minimum absolute atomic E-state index is 0.00761. The molecule has 1 heterocycles. The summed E-state index contributed by atoms with van der Waals surface area (Å²) in [5, 5.41) is 10.5. The van der Waals surface area contributed by atoms with E-state index in [1.54, 1.807) is 24.3 Å². The number of rotatable bonds is 2. The van der Waals surface area contributed by atoms with Crippen LogP contribution in [0.3, 0.4) is 0 Å². The van der Waals surface area contributed by atoms with E-state index in [0.29, 0.717) is 11.3 Å². The van der Waals surface area contributed by atoms with Crippen molar-refractivity contribution in [3.8, 4) is 5.75 Å². The molecule has 0 saturated carbocycles. The number of carbonyl (C=O) groups excluding carboxylic acids is 1. The average molecular weight is 365 g/mol. The van der Waals surface area contributed by atoms with Gasteiger partial charge < -0.3 is 14.7 Å². The number of alkyl halides is 3. The molecule has 2 atom stereocenters. The van der Waals surface area contributed by atoms with Gasteiger partial charge in [-0.25, -0.2) is 0 Å². The Balaban J connectivity index is 2.13. The van der Waals surface area contributed by atoms with Gasteiger partial charge in [-0.2, -0.15) is 13.2 Å². The number of halogens is 3. The van der Waals surface area contributed by atoms with E-state index in [1.807, 2.05) is 0 Å². The van der Waals surface area contributed by atoms with Crippen molar-refractivity contribution >= 4 is 11.6 Å². The molecule has 26 heavy (non-hydrogen) atoms. The number of likely N-dealkylation sites (N-methyl/N-ethyl adjacent to an activating group) is 1. The number of carbonyl (C=O) groups is 1. The van der Waals surface area contributed by atoms with E-state index in [0.717, 1.165) is 11.0 Å². The number of nitrogens with zero attached hydrogens (tertiary/aromatic N) is 1. The Bertz CT molecular complexity index is 818. The lowest BCUT2D eigenvalue weighted by Crippen LogP contribution is -2.38. The number of methoxy groups -OCH3 is 1. The first-order chi connectivity index (χ1) is 12.2. The minimum atomic E-state index is -4.55. The van der Waals surface area contributed by atoms with E-state index < -0.39 is 29.7 Å². The highest BCUT2D eigenvalue weighted by Gasteiger charge is 2.40. The van der Waals surface area contributed by atoms with Gasteiger partial charge in [-0.3, -0.25) is 4.79 Å². The van der Waals surface area contributed by atoms with Crippen LogP contribution in [0.1, 0.15) is 22.6 Å². The molecule has 3 rings (SSSR count). The lowest BCUT2D eigenvalue weighted by atomic mass is 9.86. The molecule has 0 aliphatic carbocycles. The fraction of sp³-hybridized carbons (Fsp3) is 0.316. The molecule has 0 bridgehead atoms. The van der Waals surface area contributed by atoms with Crippen molar-refractivity contribution in [2.75, 3.05) is 19.1 Å². The summed E-state index contributed by atoms with van der Waals surface area (Å²) in [7, 11) is 2.88. The van der Waals surface area contributed by atoms with Gasteiger partial charge in [-0.15, -0.1) is 0 Å². The largest absolute Gasteiger partial charge is 0.497 e. The normalized spacial score (nSPS) is 20.5. The van der Waals surface area contributed by atoms with Crippen LogP contribution < -0.4 is 9.64 Å². The van der Waals surface area contributed by atoms with Crippen molar-refractivity contribution in [1.29, 1.82) is 0 Å². The third-order valence-corrected chi connectivity index (χ3v) is 4.75. The van der Waals surface area contributed by atoms with E-state index in [2.05, 4.69) is 0 Å². The van der Waals surface area contributed by atoms with Gasteiger partial charge in [-0.1, -0.05) is 18.2 Å². The predicted octanol–water partition coefficient (Wildman–Crippen LogP) is 3.38. The summed E-state index contributed by atoms with van der Waals surface area (Å²) in [5.74, 6) is -0.846. The van der Waals surface area contributed by atoms with Gasteiger partial charge in [0.25, 0.3) is 5.91 Å². The zero-order valence-corrected chi connectivity index (χ0v) is 14.2. The van der Waals surface area contributed by atoms with Crippen LogP contribution in [0.15, 0.2) is 42.5 Å². The topological polar surface area (TPSA) is 49.8 Å². The van der Waals surface area contributed by atoms with Gasteiger partial charge in [0.05, 0.1) is 12.7 Å². The van der Waals surface area contributed by atoms with Crippen LogP contribution in [-0.2, 0) is 17.4 Å². The molecule has 4 nitrogen and oxygen atoms in total. The quantitative estimate of drug-likeness (QED) is 0.888. The van der Waals surface area contributed by atoms with Crippen LogP contribution in [0.2, 0.25) is 0 Å². The third kappa shape index (κ3) is 3.14. The fourth-order valence-corrected chi connectivity index (χ4v) is 3.34. The third-order valence-electron chi connectivity index (χ3n) is 4.75. The number of hydrogen-bond acceptors (Lipinski definition) is 3. The van der Waals surface area contributed by atoms with Crippen molar-refractivity contribution in [2.24, 2.45) is 0 Å². The van der Waals surface area contributed by atoms with E-state index in [-0.39, 0.29) is 17.7 Å². The van der Waals surface area contributed by atoms with Gasteiger partial charge in [0.15, 0.2) is 0 Å². The number of benzene rings is 2. The molecule has 0 spiro atoms. The SMILES string of the molecule is COc1ccc(C2Cc3c(cccc3C(F)(F)F)N(C)C(=O)C2O)cc1. The number of amides is 1. The first kappa shape index (κ1) is 18.3. The fourth-order valence-electron chi connectivity index (χ4n) is 3.34. The van der Waals surface area contributed by atoms with Crippen LogP contribution in [0.5, 0.6) is 5.75 Å². The maximum Gasteiger partial charge on any atom is 0.416 e. The Kier molecular flexibility index (Phi) is 4.66. The Labute approximate surface area is 148 Å². The van der Waals surface area contributed by atoms with Crippen molar-refractivity contribution in [3.63, 3.8) is 0 Å². The summed E-state index contributed by atoms with van der Waals surface area (Å²) < 4.78 is 45.5. The second-order valence-electron chi connectivity index (χ2n) is 6.23. The van der Waals surface area contributed by atoms with Gasteiger partial charge in [-0.05, 0) is 41.8 Å². The summed E-state index contributed by atoms with van der Waals surface area (Å²) >= 11 is 0. The lowest BCUT2D eigenvalue weighted by molar-refractivity contribution is -0.138. The van der Waals surface area contributed by atoms with E-state index in [9.17, 15) is 23.1 Å². The summed E-state index contributed by atoms with van der Waals surface area (Å²) in [6, 6.07) is 10.3. The molecule has 138 valence electrons. The molecule has 1 N–H and O–H groups in total. The molecule has 0 fully saturated rings. The first-order valence-electron chi connectivity index (χ1n) is 8.02. The van der Waals surface area contributed by atoms with Crippen molar-refractivity contribution in [1.82, 2.24) is 0 Å². The zero-order chi connectivity index (χ0) is 19.1. The molecule has 1 amide bonds. The molecular weight excluding hydrogens is 347 g/mol. The maximum absolute atomic E-state index is 13.5. The number of anilines is 1. The summed E-state index contributed by atoms with van der Waals surface area (Å²) in [6.45, 7) is 0. The second-order valence-corrected chi connectivity index (χ2v) is 6.23. The lowest BCUT2D eigenvalue weighted by Gasteiger charge is -2.22. The number of hydrogen-bond donors (Lipinski definition) is 1. The summed E-state index contributed by atoms with van der Waals surface area (Å²) in [6.07, 6.45) is -6.09. The van der Waals surface area contributed by atoms with Gasteiger partial charge >= 0.3 is 6.18 Å². The molecule has 1 aliphatic heterocycles. The van der Waals surface area contributed by atoms with E-state index in [1.165, 1.54) is 26.3 Å². The monoisotopic (exact) mass is 365 g/mol. The predicted molar refractivity (Wildman–Crippen MR) is 90.3 cm³/mol. The Morgan fingerprint density at radius 3 is 2.38 bits per heavy atom. The molecule has 2 aromatic rings. The van der Waals surface area contributed by atoms with Gasteiger partial charge in [0.2, 0.25) is 0 Å². The number of aliphatic hydroxyl groups excluding tert-OH is 1. The number of ether oxygens (including phenoxy) is 1. The average Bonchev–Trinajstić information content (AvgIpc) is 2.71. The Morgan fingerprint density at radius 1 is 1.15 bits per heavy atom. The molecule has 0 radical (unpaired) electrons. The molecule has 7 heteroatoms. The zero-order valence-electron chi connectivity index (χ0n) is 14.2. The van der Waals surface area contributed by atoms with Gasteiger partial charge in [0, 0.05) is 18.7 Å². The number of fused-ring (bicyclic) bond motifs is 1. The molecular formula is C19H18F3NO3. The molecule has 2 aromatic carbocycles. The van der Waals surface area contributed by atoms with Crippen LogP contribution >= 0.6 is 0 Å². The van der Waals surface area contributed by atoms with E-state index in [4.69, 9.17) is 4.74 Å². The van der Waals surface area contributed by atoms with Crippen molar-refractivity contribution in [3.05, 3.63) is 59.2 Å². The van der Waals surface area contributed by atoms with E-state index >= 15 is 0 Å². The second kappa shape index (κ2) is 6.64.